The number of aliphatic carboxylic acids is 3. The second-order valence-electron chi connectivity index (χ2n) is 10.9. The van der Waals surface area contributed by atoms with E-state index >= 15 is 0 Å². The lowest BCUT2D eigenvalue weighted by atomic mass is 10.0. The molecule has 1 rings (SSSR count). The van der Waals surface area contributed by atoms with Gasteiger partial charge in [0.2, 0.25) is 11.8 Å². The number of carbonyl (C=O) groups excluding carboxylic acids is 5. The number of carboxylic acid groups (broad SMARTS) is 3. The smallest absolute Gasteiger partial charge is 0.430 e. The highest BCUT2D eigenvalue weighted by atomic mass is 19.4. The molecule has 0 unspecified atom stereocenters. The highest BCUT2D eigenvalue weighted by Crippen LogP contribution is 2.20. The molecule has 11 N–H and O–H groups in total. The average Bonchev–Trinajstić information content (AvgIpc) is 3.09. The van der Waals surface area contributed by atoms with Gasteiger partial charge < -0.3 is 66.9 Å². The number of nitrogens with zero attached hydrogens (tertiary/aromatic N) is 1. The number of alkyl halides is 9. The quantitative estimate of drug-likeness (QED) is 0.0281. The minimum absolute atomic E-state index is 0.00587. The molecule has 0 fully saturated rings. The van der Waals surface area contributed by atoms with Crippen LogP contribution in [0.3, 0.4) is 0 Å². The second-order valence-corrected chi connectivity index (χ2v) is 10.9. The minimum atomic E-state index is -5.19. The standard InChI is InChI=1S/C23H40N6O6.3C2HF3O2/c24-11-3-14-25-12-1-2-13-26-15-4-16-27-21(31)9-10-22(32)28-20(17-30)23(33)18-5-7-19(8-6-18)29(34)35;3*3-2(4,5)1(6)7/h5-8,20,23,25-26,30,33H,1-4,9-17,24H2,(H,27,31)(H,28,32);3*(H,6,7)/t20-,23-;;;/m1.../s1. The molecule has 27 heteroatoms. The number of amides is 2. The number of carboxylic acids is 3. The van der Waals surface area contributed by atoms with Crippen molar-refractivity contribution in [2.45, 2.75) is 69.2 Å². The Morgan fingerprint density at radius 2 is 1.09 bits per heavy atom. The third-order valence-electron chi connectivity index (χ3n) is 6.28. The van der Waals surface area contributed by atoms with Crippen LogP contribution >= 0.6 is 0 Å². The van der Waals surface area contributed by atoms with Crippen molar-refractivity contribution >= 4 is 35.4 Å². The van der Waals surface area contributed by atoms with Crippen LogP contribution in [0.1, 0.15) is 50.2 Å². The fourth-order valence-electron chi connectivity index (χ4n) is 3.47. The number of halogens is 9. The summed E-state index contributed by atoms with van der Waals surface area (Å²) in [5, 5.41) is 66.9. The van der Waals surface area contributed by atoms with Crippen LogP contribution in [-0.4, -0.2) is 115 Å². The lowest BCUT2D eigenvalue weighted by molar-refractivity contribution is -0.665. The molecule has 1 aromatic rings. The number of nitro groups is 1. The molecule has 0 aliphatic rings. The Morgan fingerprint density at radius 1 is 0.714 bits per heavy atom. The largest absolute Gasteiger partial charge is 0.542 e. The van der Waals surface area contributed by atoms with E-state index in [4.69, 9.17) is 29.7 Å². The first kappa shape index (κ1) is 55.5. The van der Waals surface area contributed by atoms with Gasteiger partial charge in [-0.15, -0.1) is 0 Å². The van der Waals surface area contributed by atoms with Crippen LogP contribution in [0, 0.1) is 10.1 Å². The van der Waals surface area contributed by atoms with Gasteiger partial charge in [-0.2, -0.15) is 39.5 Å². The molecule has 0 heterocycles. The number of nitrogens with two attached hydrogens (primary N) is 2. The van der Waals surface area contributed by atoms with E-state index in [1.165, 1.54) is 43.5 Å². The van der Waals surface area contributed by atoms with E-state index in [1.54, 1.807) is 0 Å². The summed E-state index contributed by atoms with van der Waals surface area (Å²) >= 11 is 0. The highest BCUT2D eigenvalue weighted by Gasteiger charge is 2.30. The number of aliphatic hydroxyl groups is 2. The van der Waals surface area contributed by atoms with Gasteiger partial charge in [0.1, 0.15) is 24.0 Å². The molecule has 0 radical (unpaired) electrons. The first-order chi connectivity index (χ1) is 25.7. The molecule has 0 saturated carbocycles. The van der Waals surface area contributed by atoms with Crippen LogP contribution in [0.5, 0.6) is 0 Å². The lowest BCUT2D eigenvalue weighted by Gasteiger charge is -2.22. The number of non-ortho nitro benzene ring substituents is 1. The average molecular weight is 839 g/mol. The van der Waals surface area contributed by atoms with Crippen LogP contribution in [0.25, 0.3) is 0 Å². The summed E-state index contributed by atoms with van der Waals surface area (Å²) in [6.45, 7) is 5.34. The van der Waals surface area contributed by atoms with Crippen molar-refractivity contribution in [2.24, 2.45) is 0 Å². The number of benzene rings is 1. The summed E-state index contributed by atoms with van der Waals surface area (Å²) in [6.07, 6.45) is -12.5. The molecular weight excluding hydrogens is 795 g/mol. The predicted molar refractivity (Wildman–Crippen MR) is 162 cm³/mol. The van der Waals surface area contributed by atoms with E-state index in [0.717, 1.165) is 39.1 Å². The van der Waals surface area contributed by atoms with Crippen molar-refractivity contribution in [3.63, 3.8) is 0 Å². The number of nitro benzene ring substituents is 1. The van der Waals surface area contributed by atoms with Crippen LogP contribution in [0.4, 0.5) is 45.2 Å². The van der Waals surface area contributed by atoms with Gasteiger partial charge in [-0.05, 0) is 17.7 Å². The van der Waals surface area contributed by atoms with Gasteiger partial charge in [-0.1, -0.05) is 0 Å². The van der Waals surface area contributed by atoms with Gasteiger partial charge in [0.15, 0.2) is 0 Å². The number of nitrogens with one attached hydrogen (secondary N) is 2. The van der Waals surface area contributed by atoms with Crippen molar-refractivity contribution in [3.8, 4) is 0 Å². The molecule has 0 aromatic heterocycles. The zero-order valence-electron chi connectivity index (χ0n) is 29.3. The predicted octanol–water partition coefficient (Wildman–Crippen LogP) is -5.17. The number of rotatable bonds is 20. The van der Waals surface area contributed by atoms with E-state index in [9.17, 15) is 69.4 Å². The van der Waals surface area contributed by atoms with Crippen molar-refractivity contribution in [1.82, 2.24) is 10.6 Å². The fourth-order valence-corrected chi connectivity index (χ4v) is 3.47. The molecular formula is C29H43F9N6O12. The van der Waals surface area contributed by atoms with E-state index in [1.807, 2.05) is 0 Å². The summed E-state index contributed by atoms with van der Waals surface area (Å²) in [5.74, 6) is -9.72. The number of aliphatic hydroxyl groups excluding tert-OH is 2. The molecule has 1 aromatic carbocycles. The lowest BCUT2D eigenvalue weighted by Crippen LogP contribution is -2.86. The van der Waals surface area contributed by atoms with Crippen LogP contribution in [0.15, 0.2) is 24.3 Å². The van der Waals surface area contributed by atoms with Crippen molar-refractivity contribution in [3.05, 3.63) is 39.9 Å². The summed E-state index contributed by atoms with van der Waals surface area (Å²) in [4.78, 5) is 60.7. The fraction of sp³-hybridized carbons (Fsp3) is 0.621. The Labute approximate surface area is 311 Å². The maximum atomic E-state index is 12.2. The zero-order chi connectivity index (χ0) is 44.1. The SMILES string of the molecule is O=C([O-])C(F)(F)F.O=C([O-])C(F)(F)F.O=C([O-])C(F)(F)F.[NH3+]CCC[NH2+]CCCC[NH2+]CCCNC(=O)CCC(=O)N[C@H](CO)[C@H](O)c1ccc([N+](=O)[O-])cc1. The molecule has 0 aliphatic carbocycles. The summed E-state index contributed by atoms with van der Waals surface area (Å²) in [5.41, 5.74) is 4.03. The minimum Gasteiger partial charge on any atom is -0.542 e. The first-order valence-electron chi connectivity index (χ1n) is 16.1. The van der Waals surface area contributed by atoms with Crippen molar-refractivity contribution in [1.29, 1.82) is 0 Å². The van der Waals surface area contributed by atoms with Gasteiger partial charge in [-0.3, -0.25) is 19.7 Å². The molecule has 0 bridgehead atoms. The molecule has 0 aliphatic heterocycles. The van der Waals surface area contributed by atoms with Gasteiger partial charge in [-0.25, -0.2) is 0 Å². The first-order valence-corrected chi connectivity index (χ1v) is 16.1. The third-order valence-corrected chi connectivity index (χ3v) is 6.28. The molecule has 2 amide bonds. The Morgan fingerprint density at radius 3 is 1.45 bits per heavy atom. The Balaban J connectivity index is -0.00000108. The number of carbonyl (C=O) groups is 5. The number of unbranched alkanes of at least 4 members (excludes halogenated alkanes) is 1. The Kier molecular flexibility index (Phi) is 29.2. The molecule has 0 spiro atoms. The molecule has 2 atom stereocenters. The summed E-state index contributed by atoms with van der Waals surface area (Å²) in [6, 6.07) is 4.23. The van der Waals surface area contributed by atoms with E-state index in [-0.39, 0.29) is 24.4 Å². The summed E-state index contributed by atoms with van der Waals surface area (Å²) in [7, 11) is 0. The van der Waals surface area contributed by atoms with Crippen molar-refractivity contribution in [2.75, 3.05) is 45.9 Å². The molecule has 324 valence electrons. The maximum Gasteiger partial charge on any atom is 0.430 e. The topological polar surface area (TPSA) is 323 Å². The van der Waals surface area contributed by atoms with Gasteiger partial charge in [0, 0.05) is 57.2 Å². The van der Waals surface area contributed by atoms with Gasteiger partial charge in [0.25, 0.3) is 5.69 Å². The number of hydrogen-bond donors (Lipinski definition) is 7. The zero-order valence-corrected chi connectivity index (χ0v) is 29.3. The Hall–Kier alpha value is -4.86. The Bertz CT molecular complexity index is 1260. The normalized spacial score (nSPS) is 12.1. The molecule has 0 saturated heterocycles. The number of hydrogen-bond acceptors (Lipinski definition) is 12. The highest BCUT2D eigenvalue weighted by molar-refractivity contribution is 5.83. The summed E-state index contributed by atoms with van der Waals surface area (Å²) < 4.78 is 94.6. The van der Waals surface area contributed by atoms with Crippen LogP contribution < -0.4 is 42.3 Å². The van der Waals surface area contributed by atoms with Crippen molar-refractivity contribution < 1.29 is 110 Å². The third kappa shape index (κ3) is 31.5. The monoisotopic (exact) mass is 838 g/mol. The maximum absolute atomic E-state index is 12.2. The van der Waals surface area contributed by atoms with E-state index in [0.29, 0.717) is 12.1 Å². The van der Waals surface area contributed by atoms with E-state index < -0.39 is 66.0 Å². The van der Waals surface area contributed by atoms with Gasteiger partial charge in [0.05, 0.1) is 50.3 Å². The van der Waals surface area contributed by atoms with Crippen LogP contribution in [0.2, 0.25) is 0 Å². The number of quaternary nitrogens is 3. The van der Waals surface area contributed by atoms with E-state index in [2.05, 4.69) is 27.0 Å². The van der Waals surface area contributed by atoms with Crippen LogP contribution in [-0.2, 0) is 24.0 Å². The molecule has 56 heavy (non-hydrogen) atoms. The second kappa shape index (κ2) is 29.4. The molecule has 18 nitrogen and oxygen atoms in total. The van der Waals surface area contributed by atoms with Gasteiger partial charge >= 0.3 is 18.5 Å².